The second kappa shape index (κ2) is 7.19. The van der Waals surface area contributed by atoms with Gasteiger partial charge in [-0.2, -0.15) is 0 Å². The van der Waals surface area contributed by atoms with Crippen LogP contribution >= 0.6 is 0 Å². The molecule has 0 saturated heterocycles. The van der Waals surface area contributed by atoms with E-state index in [0.29, 0.717) is 13.0 Å². The van der Waals surface area contributed by atoms with Crippen LogP contribution in [-0.4, -0.2) is 42.8 Å². The standard InChI is InChI=1S/C15H20N2O4/c1-21-12(7-14(18)19)9-17-15(20)13-6-10-4-2-3-5-11(10)8-16-13/h2-5,12-13,16H,6-9H2,1H3,(H,17,20)(H,18,19)/t12?,13-/m1/s1. The van der Waals surface area contributed by atoms with Crippen LogP contribution in [0.2, 0.25) is 0 Å². The summed E-state index contributed by atoms with van der Waals surface area (Å²) in [5.74, 6) is -1.07. The van der Waals surface area contributed by atoms with Crippen LogP contribution in [0.5, 0.6) is 0 Å². The van der Waals surface area contributed by atoms with Crippen LogP contribution in [0.3, 0.4) is 0 Å². The third-order valence-corrected chi connectivity index (χ3v) is 3.64. The minimum Gasteiger partial charge on any atom is -0.481 e. The third kappa shape index (κ3) is 4.27. The number of nitrogens with one attached hydrogen (secondary N) is 2. The lowest BCUT2D eigenvalue weighted by atomic mass is 9.95. The lowest BCUT2D eigenvalue weighted by Crippen LogP contribution is -2.49. The highest BCUT2D eigenvalue weighted by Gasteiger charge is 2.24. The van der Waals surface area contributed by atoms with E-state index < -0.39 is 12.1 Å². The largest absolute Gasteiger partial charge is 0.481 e. The Hall–Kier alpha value is -1.92. The zero-order chi connectivity index (χ0) is 15.2. The summed E-state index contributed by atoms with van der Waals surface area (Å²) in [5, 5.41) is 14.7. The highest BCUT2D eigenvalue weighted by atomic mass is 16.5. The number of fused-ring (bicyclic) bond motifs is 1. The smallest absolute Gasteiger partial charge is 0.306 e. The Labute approximate surface area is 123 Å². The number of carboxylic acids is 1. The molecule has 1 amide bonds. The van der Waals surface area contributed by atoms with Gasteiger partial charge in [0.05, 0.1) is 18.6 Å². The summed E-state index contributed by atoms with van der Waals surface area (Å²) in [4.78, 5) is 22.8. The summed E-state index contributed by atoms with van der Waals surface area (Å²) in [7, 11) is 1.44. The molecule has 0 saturated carbocycles. The second-order valence-electron chi connectivity index (χ2n) is 5.11. The number of carbonyl (C=O) groups is 2. The van der Waals surface area contributed by atoms with E-state index in [-0.39, 0.29) is 24.9 Å². The molecule has 6 nitrogen and oxygen atoms in total. The Morgan fingerprint density at radius 1 is 1.43 bits per heavy atom. The Balaban J connectivity index is 1.86. The first kappa shape index (κ1) is 15.5. The highest BCUT2D eigenvalue weighted by molar-refractivity contribution is 5.82. The van der Waals surface area contributed by atoms with Crippen molar-refractivity contribution in [2.24, 2.45) is 0 Å². The van der Waals surface area contributed by atoms with Crippen LogP contribution < -0.4 is 10.6 Å². The fourth-order valence-electron chi connectivity index (χ4n) is 2.41. The summed E-state index contributed by atoms with van der Waals surface area (Å²) < 4.78 is 5.04. The molecule has 2 rings (SSSR count). The van der Waals surface area contributed by atoms with E-state index in [1.165, 1.54) is 18.2 Å². The van der Waals surface area contributed by atoms with Crippen molar-refractivity contribution in [1.82, 2.24) is 10.6 Å². The van der Waals surface area contributed by atoms with Crippen molar-refractivity contribution in [3.63, 3.8) is 0 Å². The van der Waals surface area contributed by atoms with Gasteiger partial charge in [-0.25, -0.2) is 0 Å². The Morgan fingerprint density at radius 3 is 2.81 bits per heavy atom. The molecule has 1 heterocycles. The van der Waals surface area contributed by atoms with Crippen molar-refractivity contribution in [2.45, 2.75) is 31.5 Å². The molecule has 0 aromatic heterocycles. The summed E-state index contributed by atoms with van der Waals surface area (Å²) >= 11 is 0. The fourth-order valence-corrected chi connectivity index (χ4v) is 2.41. The number of rotatable bonds is 6. The van der Waals surface area contributed by atoms with Gasteiger partial charge in [0.15, 0.2) is 0 Å². The van der Waals surface area contributed by atoms with Crippen LogP contribution in [0.4, 0.5) is 0 Å². The third-order valence-electron chi connectivity index (χ3n) is 3.64. The SMILES string of the molecule is COC(CNC(=O)[C@H]1Cc2ccccc2CN1)CC(=O)O. The molecule has 114 valence electrons. The van der Waals surface area contributed by atoms with Crippen molar-refractivity contribution >= 4 is 11.9 Å². The maximum Gasteiger partial charge on any atom is 0.306 e. The monoisotopic (exact) mass is 292 g/mol. The summed E-state index contributed by atoms with van der Waals surface area (Å²) in [6, 6.07) is 7.73. The van der Waals surface area contributed by atoms with E-state index in [1.54, 1.807) is 0 Å². The number of hydrogen-bond acceptors (Lipinski definition) is 4. The van der Waals surface area contributed by atoms with Crippen LogP contribution in [0.1, 0.15) is 17.5 Å². The van der Waals surface area contributed by atoms with Gasteiger partial charge in [-0.05, 0) is 17.5 Å². The molecule has 0 fully saturated rings. The molecular formula is C15H20N2O4. The minimum absolute atomic E-state index is 0.127. The first-order valence-electron chi connectivity index (χ1n) is 6.92. The summed E-state index contributed by atoms with van der Waals surface area (Å²) in [6.07, 6.45) is -0.00152. The van der Waals surface area contributed by atoms with Gasteiger partial charge < -0.3 is 20.5 Å². The number of ether oxygens (including phenoxy) is 1. The number of benzene rings is 1. The van der Waals surface area contributed by atoms with Gasteiger partial charge in [-0.1, -0.05) is 24.3 Å². The molecule has 0 bridgehead atoms. The summed E-state index contributed by atoms with van der Waals surface area (Å²) in [5.41, 5.74) is 2.38. The average Bonchev–Trinajstić information content (AvgIpc) is 2.50. The van der Waals surface area contributed by atoms with Gasteiger partial charge in [0.1, 0.15) is 0 Å². The molecule has 6 heteroatoms. The van der Waals surface area contributed by atoms with Gasteiger partial charge in [0.25, 0.3) is 0 Å². The van der Waals surface area contributed by atoms with E-state index in [4.69, 9.17) is 9.84 Å². The zero-order valence-electron chi connectivity index (χ0n) is 12.0. The maximum absolute atomic E-state index is 12.1. The molecule has 0 aliphatic carbocycles. The van der Waals surface area contributed by atoms with Crippen LogP contribution in [-0.2, 0) is 27.3 Å². The Morgan fingerprint density at radius 2 is 2.14 bits per heavy atom. The number of amides is 1. The average molecular weight is 292 g/mol. The lowest BCUT2D eigenvalue weighted by Gasteiger charge is -2.26. The number of aliphatic carboxylic acids is 1. The molecule has 1 aliphatic rings. The Bertz CT molecular complexity index is 518. The van der Waals surface area contributed by atoms with Crippen molar-refractivity contribution in [3.8, 4) is 0 Å². The predicted octanol–water partition coefficient (Wildman–Crippen LogP) is 0.307. The molecule has 1 unspecified atom stereocenters. The van der Waals surface area contributed by atoms with E-state index >= 15 is 0 Å². The lowest BCUT2D eigenvalue weighted by molar-refractivity contribution is -0.140. The number of carboxylic acid groups (broad SMARTS) is 1. The van der Waals surface area contributed by atoms with Crippen LogP contribution in [0.25, 0.3) is 0 Å². The minimum atomic E-state index is -0.944. The molecule has 3 N–H and O–H groups in total. The van der Waals surface area contributed by atoms with E-state index in [9.17, 15) is 9.59 Å². The van der Waals surface area contributed by atoms with Crippen molar-refractivity contribution in [1.29, 1.82) is 0 Å². The van der Waals surface area contributed by atoms with Crippen LogP contribution in [0.15, 0.2) is 24.3 Å². The first-order valence-corrected chi connectivity index (χ1v) is 6.92. The predicted molar refractivity (Wildman–Crippen MR) is 76.8 cm³/mol. The molecule has 0 spiro atoms. The van der Waals surface area contributed by atoms with Crippen molar-refractivity contribution < 1.29 is 19.4 Å². The molecule has 1 aliphatic heterocycles. The number of hydrogen-bond donors (Lipinski definition) is 3. The topological polar surface area (TPSA) is 87.7 Å². The molecular weight excluding hydrogens is 272 g/mol. The van der Waals surface area contributed by atoms with Crippen molar-refractivity contribution in [2.75, 3.05) is 13.7 Å². The maximum atomic E-state index is 12.1. The van der Waals surface area contributed by atoms with Crippen LogP contribution in [0, 0.1) is 0 Å². The first-order chi connectivity index (χ1) is 10.1. The van der Waals surface area contributed by atoms with Gasteiger partial charge in [0.2, 0.25) is 5.91 Å². The molecule has 1 aromatic carbocycles. The molecule has 2 atom stereocenters. The fraction of sp³-hybridized carbons (Fsp3) is 0.467. The molecule has 1 aromatic rings. The van der Waals surface area contributed by atoms with E-state index in [1.807, 2.05) is 24.3 Å². The number of carbonyl (C=O) groups excluding carboxylic acids is 1. The highest BCUT2D eigenvalue weighted by Crippen LogP contribution is 2.16. The van der Waals surface area contributed by atoms with E-state index in [2.05, 4.69) is 10.6 Å². The van der Waals surface area contributed by atoms with Gasteiger partial charge in [-0.15, -0.1) is 0 Å². The summed E-state index contributed by atoms with van der Waals surface area (Å²) in [6.45, 7) is 0.860. The zero-order valence-corrected chi connectivity index (χ0v) is 12.0. The van der Waals surface area contributed by atoms with Gasteiger partial charge in [0, 0.05) is 20.2 Å². The second-order valence-corrected chi connectivity index (χ2v) is 5.11. The van der Waals surface area contributed by atoms with Gasteiger partial charge in [-0.3, -0.25) is 9.59 Å². The Kier molecular flexibility index (Phi) is 5.30. The normalized spacial score (nSPS) is 18.6. The van der Waals surface area contributed by atoms with Gasteiger partial charge >= 0.3 is 5.97 Å². The molecule has 21 heavy (non-hydrogen) atoms. The van der Waals surface area contributed by atoms with Crippen molar-refractivity contribution in [3.05, 3.63) is 35.4 Å². The molecule has 0 radical (unpaired) electrons. The quantitative estimate of drug-likeness (QED) is 0.702. The number of methoxy groups -OCH3 is 1. The van der Waals surface area contributed by atoms with E-state index in [0.717, 1.165) is 0 Å².